The van der Waals surface area contributed by atoms with Gasteiger partial charge in [-0.1, -0.05) is 12.8 Å². The topological polar surface area (TPSA) is 58.6 Å². The Morgan fingerprint density at radius 1 is 1.07 bits per heavy atom. The molecule has 2 aromatic rings. The second-order valence-electron chi connectivity index (χ2n) is 6.49. The first-order chi connectivity index (χ1) is 13.2. The molecule has 1 fully saturated rings. The maximum Gasteiger partial charge on any atom is 0.331 e. The lowest BCUT2D eigenvalue weighted by Gasteiger charge is -2.22. The number of carbonyl (C=O) groups excluding carboxylic acids is 2. The summed E-state index contributed by atoms with van der Waals surface area (Å²) in [6.07, 6.45) is 8.04. The van der Waals surface area contributed by atoms with Gasteiger partial charge in [-0.15, -0.1) is 0 Å². The van der Waals surface area contributed by atoms with Crippen molar-refractivity contribution in [3.05, 3.63) is 52.7 Å². The molecule has 0 spiro atoms. The van der Waals surface area contributed by atoms with E-state index in [4.69, 9.17) is 4.74 Å². The summed E-state index contributed by atoms with van der Waals surface area (Å²) in [7, 11) is 0. The Hall–Kier alpha value is -2.60. The quantitative estimate of drug-likeness (QED) is 0.595. The fourth-order valence-corrected chi connectivity index (χ4v) is 3.63. The van der Waals surface area contributed by atoms with E-state index in [1.165, 1.54) is 37.4 Å². The SMILES string of the molecule is O=C(COC(=O)/C=C/c1ccsc1)Nc1ccc(N2CCCCCC2)cc1. The molecule has 1 aromatic heterocycles. The molecule has 3 rings (SSSR count). The van der Waals surface area contributed by atoms with E-state index >= 15 is 0 Å². The minimum absolute atomic E-state index is 0.305. The molecule has 0 atom stereocenters. The van der Waals surface area contributed by atoms with E-state index < -0.39 is 5.97 Å². The standard InChI is InChI=1S/C21H24N2O3S/c24-20(15-26-21(25)10-5-17-11-14-27-16-17)22-18-6-8-19(9-7-18)23-12-3-1-2-4-13-23/h5-11,14,16H,1-4,12-13,15H2,(H,22,24)/b10-5+. The van der Waals surface area contributed by atoms with Crippen LogP contribution in [-0.4, -0.2) is 31.6 Å². The molecular weight excluding hydrogens is 360 g/mol. The molecule has 0 aliphatic carbocycles. The molecule has 1 saturated heterocycles. The fourth-order valence-electron chi connectivity index (χ4n) is 3.00. The molecule has 2 heterocycles. The summed E-state index contributed by atoms with van der Waals surface area (Å²) in [5, 5.41) is 6.60. The summed E-state index contributed by atoms with van der Waals surface area (Å²) in [5.41, 5.74) is 2.81. The van der Waals surface area contributed by atoms with Crippen molar-refractivity contribution in [3.63, 3.8) is 0 Å². The Labute approximate surface area is 163 Å². The number of anilines is 2. The van der Waals surface area contributed by atoms with E-state index in [-0.39, 0.29) is 12.5 Å². The highest BCUT2D eigenvalue weighted by atomic mass is 32.1. The Balaban J connectivity index is 1.44. The van der Waals surface area contributed by atoms with Crippen LogP contribution >= 0.6 is 11.3 Å². The van der Waals surface area contributed by atoms with Crippen molar-refractivity contribution in [2.75, 3.05) is 29.9 Å². The van der Waals surface area contributed by atoms with Crippen LogP contribution < -0.4 is 10.2 Å². The van der Waals surface area contributed by atoms with Crippen LogP contribution in [-0.2, 0) is 14.3 Å². The average molecular weight is 385 g/mol. The molecule has 1 amide bonds. The molecule has 0 unspecified atom stereocenters. The van der Waals surface area contributed by atoms with Crippen LogP contribution in [0, 0.1) is 0 Å². The lowest BCUT2D eigenvalue weighted by atomic mass is 10.2. The van der Waals surface area contributed by atoms with Crippen LogP contribution in [0.3, 0.4) is 0 Å². The third-order valence-corrected chi connectivity index (χ3v) is 5.12. The van der Waals surface area contributed by atoms with Gasteiger partial charge in [-0.05, 0) is 65.6 Å². The molecule has 1 aliphatic rings. The summed E-state index contributed by atoms with van der Waals surface area (Å²) in [6, 6.07) is 9.72. The number of nitrogens with zero attached hydrogens (tertiary/aromatic N) is 1. The van der Waals surface area contributed by atoms with Crippen molar-refractivity contribution in [2.24, 2.45) is 0 Å². The molecule has 27 heavy (non-hydrogen) atoms. The normalized spacial score (nSPS) is 14.7. The van der Waals surface area contributed by atoms with E-state index in [1.807, 2.05) is 41.1 Å². The second-order valence-corrected chi connectivity index (χ2v) is 7.27. The number of thiophene rings is 1. The van der Waals surface area contributed by atoms with Gasteiger partial charge in [0.05, 0.1) is 0 Å². The number of esters is 1. The van der Waals surface area contributed by atoms with Crippen LogP contribution in [0.1, 0.15) is 31.2 Å². The lowest BCUT2D eigenvalue weighted by molar-refractivity contribution is -0.142. The monoisotopic (exact) mass is 384 g/mol. The highest BCUT2D eigenvalue weighted by Crippen LogP contribution is 2.21. The number of hydrogen-bond acceptors (Lipinski definition) is 5. The van der Waals surface area contributed by atoms with Crippen LogP contribution in [0.4, 0.5) is 11.4 Å². The van der Waals surface area contributed by atoms with Crippen LogP contribution in [0.15, 0.2) is 47.2 Å². The third-order valence-electron chi connectivity index (χ3n) is 4.42. The largest absolute Gasteiger partial charge is 0.452 e. The number of carbonyl (C=O) groups is 2. The van der Waals surface area contributed by atoms with E-state index in [0.29, 0.717) is 5.69 Å². The van der Waals surface area contributed by atoms with Crippen LogP contribution in [0.5, 0.6) is 0 Å². The van der Waals surface area contributed by atoms with E-state index in [9.17, 15) is 9.59 Å². The molecule has 0 bridgehead atoms. The molecule has 1 aliphatic heterocycles. The van der Waals surface area contributed by atoms with Crippen molar-refractivity contribution in [1.29, 1.82) is 0 Å². The number of rotatable bonds is 6. The summed E-state index contributed by atoms with van der Waals surface area (Å²) >= 11 is 1.55. The van der Waals surface area contributed by atoms with Crippen LogP contribution in [0.2, 0.25) is 0 Å². The summed E-state index contributed by atoms with van der Waals surface area (Å²) in [5.74, 6) is -0.886. The molecule has 1 N–H and O–H groups in total. The van der Waals surface area contributed by atoms with Gasteiger partial charge in [0.15, 0.2) is 6.61 Å². The van der Waals surface area contributed by atoms with Crippen LogP contribution in [0.25, 0.3) is 6.08 Å². The van der Waals surface area contributed by atoms with Gasteiger partial charge < -0.3 is 15.0 Å². The number of ether oxygens (including phenoxy) is 1. The maximum absolute atomic E-state index is 12.0. The maximum atomic E-state index is 12.0. The predicted octanol–water partition coefficient (Wildman–Crippen LogP) is 4.32. The van der Waals surface area contributed by atoms with Gasteiger partial charge in [-0.3, -0.25) is 4.79 Å². The van der Waals surface area contributed by atoms with Crippen molar-refractivity contribution < 1.29 is 14.3 Å². The first kappa shape index (κ1) is 19.2. The van der Waals surface area contributed by atoms with Gasteiger partial charge in [0.2, 0.25) is 0 Å². The van der Waals surface area contributed by atoms with Crippen molar-refractivity contribution in [3.8, 4) is 0 Å². The number of benzene rings is 1. The Morgan fingerprint density at radius 3 is 2.48 bits per heavy atom. The van der Waals surface area contributed by atoms with Crippen molar-refractivity contribution in [1.82, 2.24) is 0 Å². The lowest BCUT2D eigenvalue weighted by Crippen LogP contribution is -2.24. The number of nitrogens with one attached hydrogen (secondary N) is 1. The second kappa shape index (κ2) is 9.92. The predicted molar refractivity (Wildman–Crippen MR) is 110 cm³/mol. The third kappa shape index (κ3) is 6.25. The summed E-state index contributed by atoms with van der Waals surface area (Å²) in [6.45, 7) is 1.86. The molecule has 142 valence electrons. The first-order valence-electron chi connectivity index (χ1n) is 9.22. The van der Waals surface area contributed by atoms with Gasteiger partial charge >= 0.3 is 5.97 Å². The molecule has 5 nitrogen and oxygen atoms in total. The van der Waals surface area contributed by atoms with Gasteiger partial charge in [0.25, 0.3) is 5.91 Å². The Bertz CT molecular complexity index is 761. The van der Waals surface area contributed by atoms with E-state index in [1.54, 1.807) is 17.4 Å². The minimum atomic E-state index is -0.534. The minimum Gasteiger partial charge on any atom is -0.452 e. The number of hydrogen-bond donors (Lipinski definition) is 1. The summed E-state index contributed by atoms with van der Waals surface area (Å²) < 4.78 is 4.96. The molecular formula is C21H24N2O3S. The van der Waals surface area contributed by atoms with E-state index in [0.717, 1.165) is 18.7 Å². The zero-order valence-corrected chi connectivity index (χ0v) is 16.0. The highest BCUT2D eigenvalue weighted by molar-refractivity contribution is 7.08. The van der Waals surface area contributed by atoms with Gasteiger partial charge in [0, 0.05) is 30.5 Å². The van der Waals surface area contributed by atoms with Gasteiger partial charge in [-0.2, -0.15) is 11.3 Å². The van der Waals surface area contributed by atoms with Gasteiger partial charge in [-0.25, -0.2) is 4.79 Å². The number of amides is 1. The Morgan fingerprint density at radius 2 is 1.81 bits per heavy atom. The molecule has 0 saturated carbocycles. The van der Waals surface area contributed by atoms with Crippen molar-refractivity contribution in [2.45, 2.75) is 25.7 Å². The zero-order chi connectivity index (χ0) is 18.9. The Kier molecular flexibility index (Phi) is 7.04. The molecule has 6 heteroatoms. The average Bonchev–Trinajstić information content (AvgIpc) is 3.06. The molecule has 0 radical (unpaired) electrons. The van der Waals surface area contributed by atoms with E-state index in [2.05, 4.69) is 10.2 Å². The first-order valence-corrected chi connectivity index (χ1v) is 10.2. The zero-order valence-electron chi connectivity index (χ0n) is 15.2. The summed E-state index contributed by atoms with van der Waals surface area (Å²) in [4.78, 5) is 26.0. The smallest absolute Gasteiger partial charge is 0.331 e. The van der Waals surface area contributed by atoms with Crippen molar-refractivity contribution >= 4 is 40.7 Å². The highest BCUT2D eigenvalue weighted by Gasteiger charge is 2.10. The van der Waals surface area contributed by atoms with Gasteiger partial charge in [0.1, 0.15) is 0 Å². The molecule has 1 aromatic carbocycles. The fraction of sp³-hybridized carbons (Fsp3) is 0.333.